The third-order valence-corrected chi connectivity index (χ3v) is 3.36. The van der Waals surface area contributed by atoms with E-state index in [0.29, 0.717) is 12.5 Å². The highest BCUT2D eigenvalue weighted by molar-refractivity contribution is 5.78. The van der Waals surface area contributed by atoms with Crippen LogP contribution in [0, 0.1) is 5.92 Å². The summed E-state index contributed by atoms with van der Waals surface area (Å²) in [6.45, 7) is 4.07. The first-order valence-electron chi connectivity index (χ1n) is 6.63. The summed E-state index contributed by atoms with van der Waals surface area (Å²) in [5.41, 5.74) is 0.974. The van der Waals surface area contributed by atoms with Crippen LogP contribution in [0.5, 0.6) is 5.75 Å². The van der Waals surface area contributed by atoms with E-state index in [1.807, 2.05) is 31.2 Å². The standard InChI is InChI=1S/C15H20O4/c1-3-19-13-6-4-12(5-7-13)14(15(16)17-2)8-11-9-18-10-11/h4-7,11,14H,3,8-10H2,1-2H3. The van der Waals surface area contributed by atoms with Crippen molar-refractivity contribution >= 4 is 5.97 Å². The molecule has 1 heterocycles. The summed E-state index contributed by atoms with van der Waals surface area (Å²) in [4.78, 5) is 11.9. The molecule has 0 spiro atoms. The minimum absolute atomic E-state index is 0.184. The molecule has 0 aliphatic carbocycles. The number of benzene rings is 1. The van der Waals surface area contributed by atoms with Crippen LogP contribution >= 0.6 is 0 Å². The molecule has 19 heavy (non-hydrogen) atoms. The van der Waals surface area contributed by atoms with Crippen LogP contribution in [0.2, 0.25) is 0 Å². The van der Waals surface area contributed by atoms with E-state index in [4.69, 9.17) is 14.2 Å². The molecule has 4 nitrogen and oxygen atoms in total. The van der Waals surface area contributed by atoms with E-state index in [2.05, 4.69) is 0 Å². The number of esters is 1. The average Bonchev–Trinajstić information content (AvgIpc) is 2.39. The lowest BCUT2D eigenvalue weighted by atomic mass is 9.88. The Morgan fingerprint density at radius 2 is 2.05 bits per heavy atom. The Hall–Kier alpha value is -1.55. The number of carbonyl (C=O) groups excluding carboxylic acids is 1. The Morgan fingerprint density at radius 1 is 1.37 bits per heavy atom. The highest BCUT2D eigenvalue weighted by Gasteiger charge is 2.29. The number of hydrogen-bond acceptors (Lipinski definition) is 4. The molecule has 0 N–H and O–H groups in total. The van der Waals surface area contributed by atoms with Gasteiger partial charge in [0.2, 0.25) is 0 Å². The lowest BCUT2D eigenvalue weighted by molar-refractivity contribution is -0.144. The van der Waals surface area contributed by atoms with Crippen LogP contribution in [-0.2, 0) is 14.3 Å². The van der Waals surface area contributed by atoms with Gasteiger partial charge in [0.05, 0.1) is 32.8 Å². The molecule has 1 aromatic carbocycles. The minimum Gasteiger partial charge on any atom is -0.494 e. The Kier molecular flexibility index (Phi) is 4.80. The van der Waals surface area contributed by atoms with Crippen LogP contribution < -0.4 is 4.74 Å². The first-order valence-corrected chi connectivity index (χ1v) is 6.63. The van der Waals surface area contributed by atoms with Crippen molar-refractivity contribution in [1.29, 1.82) is 0 Å². The predicted octanol–water partition coefficient (Wildman–Crippen LogP) is 2.38. The van der Waals surface area contributed by atoms with E-state index in [-0.39, 0.29) is 11.9 Å². The summed E-state index contributed by atoms with van der Waals surface area (Å²) in [5, 5.41) is 0. The Morgan fingerprint density at radius 3 is 2.53 bits per heavy atom. The van der Waals surface area contributed by atoms with Crippen LogP contribution in [0.1, 0.15) is 24.8 Å². The van der Waals surface area contributed by atoms with E-state index in [9.17, 15) is 4.79 Å². The summed E-state index contributed by atoms with van der Waals surface area (Å²) in [6.07, 6.45) is 0.778. The van der Waals surface area contributed by atoms with Crippen molar-refractivity contribution in [2.45, 2.75) is 19.3 Å². The van der Waals surface area contributed by atoms with Crippen LogP contribution in [0.3, 0.4) is 0 Å². The molecule has 1 aliphatic heterocycles. The topological polar surface area (TPSA) is 44.8 Å². The Balaban J connectivity index is 2.09. The average molecular weight is 264 g/mol. The van der Waals surface area contributed by atoms with E-state index in [1.54, 1.807) is 0 Å². The van der Waals surface area contributed by atoms with Gasteiger partial charge >= 0.3 is 5.97 Å². The van der Waals surface area contributed by atoms with Gasteiger partial charge in [-0.1, -0.05) is 12.1 Å². The smallest absolute Gasteiger partial charge is 0.313 e. The maximum atomic E-state index is 11.9. The molecule has 104 valence electrons. The number of rotatable bonds is 6. The van der Waals surface area contributed by atoms with Gasteiger partial charge in [-0.15, -0.1) is 0 Å². The molecule has 0 radical (unpaired) electrons. The van der Waals surface area contributed by atoms with Crippen molar-refractivity contribution in [3.63, 3.8) is 0 Å². The highest BCUT2D eigenvalue weighted by atomic mass is 16.5. The number of ether oxygens (including phenoxy) is 3. The van der Waals surface area contributed by atoms with Gasteiger partial charge in [-0.05, 0) is 31.0 Å². The van der Waals surface area contributed by atoms with Crippen molar-refractivity contribution in [3.8, 4) is 5.75 Å². The summed E-state index contributed by atoms with van der Waals surface area (Å²) in [5.74, 6) is 0.878. The highest BCUT2D eigenvalue weighted by Crippen LogP contribution is 2.29. The molecule has 1 aromatic rings. The van der Waals surface area contributed by atoms with Gasteiger partial charge in [0.25, 0.3) is 0 Å². The van der Waals surface area contributed by atoms with Gasteiger partial charge in [0.1, 0.15) is 5.75 Å². The molecule has 1 atom stereocenters. The largest absolute Gasteiger partial charge is 0.494 e. The molecule has 1 fully saturated rings. The molecule has 1 saturated heterocycles. The van der Waals surface area contributed by atoms with Crippen LogP contribution in [0.25, 0.3) is 0 Å². The second-order valence-electron chi connectivity index (χ2n) is 4.72. The number of carbonyl (C=O) groups is 1. The maximum Gasteiger partial charge on any atom is 0.313 e. The second-order valence-corrected chi connectivity index (χ2v) is 4.72. The maximum absolute atomic E-state index is 11.9. The summed E-state index contributed by atoms with van der Waals surface area (Å²) < 4.78 is 15.5. The molecule has 1 aliphatic rings. The van der Waals surface area contributed by atoms with Gasteiger partial charge in [-0.25, -0.2) is 0 Å². The number of methoxy groups -OCH3 is 1. The van der Waals surface area contributed by atoms with E-state index in [0.717, 1.165) is 30.9 Å². The fourth-order valence-electron chi connectivity index (χ4n) is 2.23. The first-order chi connectivity index (χ1) is 9.24. The minimum atomic E-state index is -0.213. The second kappa shape index (κ2) is 6.57. The summed E-state index contributed by atoms with van der Waals surface area (Å²) in [7, 11) is 1.43. The Bertz CT molecular complexity index is 409. The van der Waals surface area contributed by atoms with Gasteiger partial charge in [-0.3, -0.25) is 4.79 Å². The molecular weight excluding hydrogens is 244 g/mol. The van der Waals surface area contributed by atoms with Crippen LogP contribution in [0.15, 0.2) is 24.3 Å². The van der Waals surface area contributed by atoms with Crippen molar-refractivity contribution in [1.82, 2.24) is 0 Å². The predicted molar refractivity (Wildman–Crippen MR) is 71.3 cm³/mol. The molecule has 2 rings (SSSR count). The van der Waals surface area contributed by atoms with Gasteiger partial charge in [0, 0.05) is 5.92 Å². The molecule has 0 aromatic heterocycles. The number of hydrogen-bond donors (Lipinski definition) is 0. The first kappa shape index (κ1) is 13.9. The quantitative estimate of drug-likeness (QED) is 0.740. The fraction of sp³-hybridized carbons (Fsp3) is 0.533. The van der Waals surface area contributed by atoms with E-state index >= 15 is 0 Å². The summed E-state index contributed by atoms with van der Waals surface area (Å²) in [6, 6.07) is 7.66. The summed E-state index contributed by atoms with van der Waals surface area (Å²) >= 11 is 0. The zero-order chi connectivity index (χ0) is 13.7. The molecule has 0 bridgehead atoms. The zero-order valence-electron chi connectivity index (χ0n) is 11.4. The monoisotopic (exact) mass is 264 g/mol. The van der Waals surface area contributed by atoms with Crippen LogP contribution in [-0.4, -0.2) is 32.9 Å². The van der Waals surface area contributed by atoms with E-state index in [1.165, 1.54) is 7.11 Å². The van der Waals surface area contributed by atoms with Gasteiger partial charge in [-0.2, -0.15) is 0 Å². The van der Waals surface area contributed by atoms with Gasteiger partial charge in [0.15, 0.2) is 0 Å². The van der Waals surface area contributed by atoms with Crippen molar-refractivity contribution in [3.05, 3.63) is 29.8 Å². The SMILES string of the molecule is CCOc1ccc(C(CC2COC2)C(=O)OC)cc1. The normalized spacial score (nSPS) is 16.5. The molecular formula is C15H20O4. The zero-order valence-corrected chi connectivity index (χ0v) is 11.4. The van der Waals surface area contributed by atoms with Crippen LogP contribution in [0.4, 0.5) is 0 Å². The Labute approximate surface area is 113 Å². The van der Waals surface area contributed by atoms with Crippen molar-refractivity contribution < 1.29 is 19.0 Å². The lowest BCUT2D eigenvalue weighted by Crippen LogP contribution is -2.31. The lowest BCUT2D eigenvalue weighted by Gasteiger charge is -2.29. The third kappa shape index (κ3) is 3.47. The molecule has 4 heteroatoms. The molecule has 0 amide bonds. The van der Waals surface area contributed by atoms with Crippen molar-refractivity contribution in [2.24, 2.45) is 5.92 Å². The van der Waals surface area contributed by atoms with E-state index < -0.39 is 0 Å². The molecule has 1 unspecified atom stereocenters. The third-order valence-electron chi connectivity index (χ3n) is 3.36. The molecule has 0 saturated carbocycles. The fourth-order valence-corrected chi connectivity index (χ4v) is 2.23. The van der Waals surface area contributed by atoms with Gasteiger partial charge < -0.3 is 14.2 Å². The van der Waals surface area contributed by atoms with Crippen molar-refractivity contribution in [2.75, 3.05) is 26.9 Å².